The molecule has 0 fully saturated rings. The molecular weight excluding hydrogens is 304 g/mol. The average Bonchev–Trinajstić information content (AvgIpc) is 2.60. The number of nitrogen functional groups attached to an aromatic ring is 1. The Morgan fingerprint density at radius 2 is 1.56 bits per heavy atom. The third-order valence-corrected chi connectivity index (χ3v) is 4.87. The molecule has 3 aromatic rings. The highest BCUT2D eigenvalue weighted by Gasteiger charge is 2.11. The molecule has 0 aliphatic carbocycles. The van der Waals surface area contributed by atoms with Crippen LogP contribution in [-0.2, 0) is 6.42 Å². The van der Waals surface area contributed by atoms with Gasteiger partial charge >= 0.3 is 0 Å². The predicted octanol–water partition coefficient (Wildman–Crippen LogP) is 5.88. The number of anilines is 1. The second-order valence-electron chi connectivity index (χ2n) is 6.79. The van der Waals surface area contributed by atoms with Crippen molar-refractivity contribution in [2.45, 2.75) is 40.5 Å². The monoisotopic (exact) mass is 330 g/mol. The highest BCUT2D eigenvalue weighted by atomic mass is 14.7. The maximum atomic E-state index is 6.30. The SMILES string of the molecule is CCCc1ccc(C)c(-c2ccc(C)c(-c3ccnc(C)c3N)c2)c1. The van der Waals surface area contributed by atoms with Gasteiger partial charge in [-0.25, -0.2) is 0 Å². The summed E-state index contributed by atoms with van der Waals surface area (Å²) in [6, 6.07) is 15.5. The lowest BCUT2D eigenvalue weighted by molar-refractivity contribution is 0.921. The number of nitrogens with two attached hydrogens (primary N) is 1. The molecule has 2 N–H and O–H groups in total. The van der Waals surface area contributed by atoms with Gasteiger partial charge in [0.05, 0.1) is 11.4 Å². The van der Waals surface area contributed by atoms with Crippen LogP contribution in [0.2, 0.25) is 0 Å². The van der Waals surface area contributed by atoms with Crippen LogP contribution in [0, 0.1) is 20.8 Å². The van der Waals surface area contributed by atoms with Crippen molar-refractivity contribution in [2.24, 2.45) is 0 Å². The number of aryl methyl sites for hydroxylation is 4. The third kappa shape index (κ3) is 3.43. The number of hydrogen-bond acceptors (Lipinski definition) is 2. The smallest absolute Gasteiger partial charge is 0.0610 e. The van der Waals surface area contributed by atoms with E-state index in [-0.39, 0.29) is 0 Å². The van der Waals surface area contributed by atoms with Crippen molar-refractivity contribution in [3.8, 4) is 22.3 Å². The lowest BCUT2D eigenvalue weighted by Gasteiger charge is -2.14. The van der Waals surface area contributed by atoms with E-state index in [9.17, 15) is 0 Å². The van der Waals surface area contributed by atoms with Crippen molar-refractivity contribution in [3.05, 3.63) is 71.0 Å². The van der Waals surface area contributed by atoms with Crippen LogP contribution in [0.25, 0.3) is 22.3 Å². The second kappa shape index (κ2) is 7.10. The van der Waals surface area contributed by atoms with E-state index in [0.717, 1.165) is 29.8 Å². The number of hydrogen-bond donors (Lipinski definition) is 1. The first-order chi connectivity index (χ1) is 12.0. The number of rotatable bonds is 4. The molecular formula is C23H26N2. The van der Waals surface area contributed by atoms with Gasteiger partial charge in [-0.1, -0.05) is 43.7 Å². The Balaban J connectivity index is 2.15. The zero-order valence-electron chi connectivity index (χ0n) is 15.6. The summed E-state index contributed by atoms with van der Waals surface area (Å²) in [5.41, 5.74) is 16.7. The summed E-state index contributed by atoms with van der Waals surface area (Å²) in [7, 11) is 0. The van der Waals surface area contributed by atoms with Crippen LogP contribution >= 0.6 is 0 Å². The Morgan fingerprint density at radius 3 is 2.32 bits per heavy atom. The van der Waals surface area contributed by atoms with Crippen molar-refractivity contribution < 1.29 is 0 Å². The van der Waals surface area contributed by atoms with Crippen molar-refractivity contribution >= 4 is 5.69 Å². The van der Waals surface area contributed by atoms with Gasteiger partial charge in [0.15, 0.2) is 0 Å². The molecule has 0 spiro atoms. The van der Waals surface area contributed by atoms with E-state index < -0.39 is 0 Å². The maximum absolute atomic E-state index is 6.30. The van der Waals surface area contributed by atoms with Crippen LogP contribution in [0.3, 0.4) is 0 Å². The normalized spacial score (nSPS) is 10.9. The van der Waals surface area contributed by atoms with Gasteiger partial charge in [0.25, 0.3) is 0 Å². The van der Waals surface area contributed by atoms with Crippen molar-refractivity contribution in [2.75, 3.05) is 5.73 Å². The van der Waals surface area contributed by atoms with Gasteiger partial charge in [-0.2, -0.15) is 0 Å². The Labute approximate surface area is 150 Å². The highest BCUT2D eigenvalue weighted by molar-refractivity contribution is 5.83. The quantitative estimate of drug-likeness (QED) is 0.649. The minimum absolute atomic E-state index is 0.763. The lowest BCUT2D eigenvalue weighted by Crippen LogP contribution is -1.97. The van der Waals surface area contributed by atoms with E-state index >= 15 is 0 Å². The van der Waals surface area contributed by atoms with Crippen LogP contribution in [0.5, 0.6) is 0 Å². The van der Waals surface area contributed by atoms with Gasteiger partial charge in [0, 0.05) is 11.8 Å². The molecule has 2 nitrogen and oxygen atoms in total. The van der Waals surface area contributed by atoms with Gasteiger partial charge in [0.2, 0.25) is 0 Å². The molecule has 2 heteroatoms. The molecule has 0 radical (unpaired) electrons. The van der Waals surface area contributed by atoms with E-state index in [1.807, 2.05) is 19.2 Å². The first-order valence-corrected chi connectivity index (χ1v) is 8.93. The Hall–Kier alpha value is -2.61. The molecule has 0 bridgehead atoms. The van der Waals surface area contributed by atoms with Gasteiger partial charge < -0.3 is 5.73 Å². The molecule has 0 aliphatic rings. The van der Waals surface area contributed by atoms with Gasteiger partial charge in [0.1, 0.15) is 0 Å². The summed E-state index contributed by atoms with van der Waals surface area (Å²) < 4.78 is 0. The Morgan fingerprint density at radius 1 is 0.840 bits per heavy atom. The Bertz CT molecular complexity index is 910. The summed E-state index contributed by atoms with van der Waals surface area (Å²) in [5.74, 6) is 0. The summed E-state index contributed by atoms with van der Waals surface area (Å²) in [4.78, 5) is 4.30. The fourth-order valence-electron chi connectivity index (χ4n) is 3.32. The minimum atomic E-state index is 0.763. The van der Waals surface area contributed by atoms with Crippen molar-refractivity contribution in [3.63, 3.8) is 0 Å². The van der Waals surface area contributed by atoms with Gasteiger partial charge in [-0.15, -0.1) is 0 Å². The zero-order valence-corrected chi connectivity index (χ0v) is 15.6. The van der Waals surface area contributed by atoms with Gasteiger partial charge in [-0.3, -0.25) is 4.98 Å². The van der Waals surface area contributed by atoms with Crippen molar-refractivity contribution in [1.29, 1.82) is 0 Å². The standard InChI is InChI=1S/C23H26N2/c1-5-6-18-9-7-15(2)21(13-18)19-10-8-16(3)22(14-19)20-11-12-25-17(4)23(20)24/h7-14H,5-6,24H2,1-4H3. The molecule has 1 aromatic heterocycles. The predicted molar refractivity (Wildman–Crippen MR) is 108 cm³/mol. The molecule has 128 valence electrons. The molecule has 0 atom stereocenters. The third-order valence-electron chi connectivity index (χ3n) is 4.87. The van der Waals surface area contributed by atoms with Crippen molar-refractivity contribution in [1.82, 2.24) is 4.98 Å². The average molecular weight is 330 g/mol. The first kappa shape index (κ1) is 17.2. The molecule has 0 amide bonds. The number of pyridine rings is 1. The maximum Gasteiger partial charge on any atom is 0.0610 e. The number of nitrogens with zero attached hydrogens (tertiary/aromatic N) is 1. The Kier molecular flexibility index (Phi) is 4.89. The molecule has 0 saturated heterocycles. The minimum Gasteiger partial charge on any atom is -0.397 e. The summed E-state index contributed by atoms with van der Waals surface area (Å²) >= 11 is 0. The van der Waals surface area contributed by atoms with E-state index in [1.54, 1.807) is 0 Å². The van der Waals surface area contributed by atoms with E-state index in [1.165, 1.54) is 33.4 Å². The lowest BCUT2D eigenvalue weighted by atomic mass is 9.91. The summed E-state index contributed by atoms with van der Waals surface area (Å²) in [6.45, 7) is 8.48. The zero-order chi connectivity index (χ0) is 18.0. The van der Waals surface area contributed by atoms with Crippen LogP contribution < -0.4 is 5.73 Å². The summed E-state index contributed by atoms with van der Waals surface area (Å²) in [6.07, 6.45) is 4.11. The highest BCUT2D eigenvalue weighted by Crippen LogP contribution is 2.34. The molecule has 3 rings (SSSR count). The van der Waals surface area contributed by atoms with E-state index in [0.29, 0.717) is 0 Å². The van der Waals surface area contributed by atoms with Crippen LogP contribution in [0.4, 0.5) is 5.69 Å². The van der Waals surface area contributed by atoms with E-state index in [2.05, 4.69) is 62.2 Å². The molecule has 25 heavy (non-hydrogen) atoms. The largest absolute Gasteiger partial charge is 0.397 e. The molecule has 2 aromatic carbocycles. The second-order valence-corrected chi connectivity index (χ2v) is 6.79. The topological polar surface area (TPSA) is 38.9 Å². The summed E-state index contributed by atoms with van der Waals surface area (Å²) in [5, 5.41) is 0. The number of aromatic nitrogens is 1. The first-order valence-electron chi connectivity index (χ1n) is 8.93. The van der Waals surface area contributed by atoms with E-state index in [4.69, 9.17) is 5.73 Å². The fourth-order valence-corrected chi connectivity index (χ4v) is 3.32. The molecule has 0 unspecified atom stereocenters. The van der Waals surface area contributed by atoms with Crippen LogP contribution in [-0.4, -0.2) is 4.98 Å². The fraction of sp³-hybridized carbons (Fsp3) is 0.261. The number of benzene rings is 2. The van der Waals surface area contributed by atoms with Crippen LogP contribution in [0.1, 0.15) is 35.7 Å². The van der Waals surface area contributed by atoms with Crippen LogP contribution in [0.15, 0.2) is 48.7 Å². The van der Waals surface area contributed by atoms with Gasteiger partial charge in [-0.05, 0) is 72.7 Å². The molecule has 0 saturated carbocycles. The molecule has 0 aliphatic heterocycles. The molecule has 1 heterocycles.